The third kappa shape index (κ3) is 1.20. The molecule has 0 aromatic heterocycles. The molecule has 1 aromatic rings. The Kier molecular flexibility index (Phi) is 2.02. The van der Waals surface area contributed by atoms with Crippen LogP contribution in [0.3, 0.4) is 0 Å². The molecule has 5 heteroatoms. The molecule has 0 bridgehead atoms. The van der Waals surface area contributed by atoms with E-state index in [0.29, 0.717) is 29.2 Å². The summed E-state index contributed by atoms with van der Waals surface area (Å²) in [7, 11) is 0. The lowest BCUT2D eigenvalue weighted by atomic mass is 10.1. The van der Waals surface area contributed by atoms with Crippen molar-refractivity contribution >= 4 is 23.4 Å². The van der Waals surface area contributed by atoms with Gasteiger partial charge in [0.2, 0.25) is 0 Å². The van der Waals surface area contributed by atoms with Gasteiger partial charge in [-0.2, -0.15) is 0 Å². The number of imide groups is 1. The molecule has 4 nitrogen and oxygen atoms in total. The Hall–Kier alpha value is -1.39. The quantitative estimate of drug-likeness (QED) is 0.738. The molecule has 2 aliphatic heterocycles. The van der Waals surface area contributed by atoms with E-state index in [0.717, 1.165) is 0 Å². The minimum Gasteiger partial charge on any atom is -0.313 e. The van der Waals surface area contributed by atoms with Gasteiger partial charge >= 0.3 is 0 Å². The van der Waals surface area contributed by atoms with Crippen LogP contribution in [0.2, 0.25) is 5.02 Å². The summed E-state index contributed by atoms with van der Waals surface area (Å²) in [6, 6.07) is 4.80. The van der Waals surface area contributed by atoms with Crippen LogP contribution in [0.25, 0.3) is 0 Å². The molecule has 2 aliphatic rings. The molecular weight excluding hydrogens is 228 g/mol. The summed E-state index contributed by atoms with van der Waals surface area (Å²) in [5, 5.41) is 3.53. The SMILES string of the molecule is O=C1c2ccc(Cl)cc2C(=O)N1C1CNC1. The first-order valence-electron chi connectivity index (χ1n) is 5.06. The fraction of sp³-hybridized carbons (Fsp3) is 0.273. The largest absolute Gasteiger partial charge is 0.313 e. The minimum absolute atomic E-state index is 0.00817. The van der Waals surface area contributed by atoms with Crippen molar-refractivity contribution < 1.29 is 9.59 Å². The molecule has 82 valence electrons. The highest BCUT2D eigenvalue weighted by molar-refractivity contribution is 6.32. The summed E-state index contributed by atoms with van der Waals surface area (Å²) in [4.78, 5) is 25.3. The molecule has 3 rings (SSSR count). The van der Waals surface area contributed by atoms with Crippen molar-refractivity contribution in [2.75, 3.05) is 13.1 Å². The van der Waals surface area contributed by atoms with Crippen LogP contribution in [0, 0.1) is 0 Å². The smallest absolute Gasteiger partial charge is 0.261 e. The van der Waals surface area contributed by atoms with Gasteiger partial charge in [-0.3, -0.25) is 14.5 Å². The number of rotatable bonds is 1. The molecule has 0 radical (unpaired) electrons. The van der Waals surface area contributed by atoms with Crippen LogP contribution in [-0.4, -0.2) is 35.8 Å². The first-order chi connectivity index (χ1) is 7.68. The molecule has 0 spiro atoms. The van der Waals surface area contributed by atoms with E-state index < -0.39 is 0 Å². The number of halogens is 1. The first kappa shape index (κ1) is 9.81. The Bertz CT molecular complexity index is 497. The van der Waals surface area contributed by atoms with E-state index in [1.807, 2.05) is 0 Å². The zero-order valence-electron chi connectivity index (χ0n) is 8.37. The maximum Gasteiger partial charge on any atom is 0.261 e. The van der Waals surface area contributed by atoms with Crippen molar-refractivity contribution in [1.29, 1.82) is 0 Å². The van der Waals surface area contributed by atoms with Gasteiger partial charge in [-0.15, -0.1) is 0 Å². The summed E-state index contributed by atoms with van der Waals surface area (Å²) in [5.41, 5.74) is 0.880. The molecule has 0 aliphatic carbocycles. The van der Waals surface area contributed by atoms with E-state index >= 15 is 0 Å². The van der Waals surface area contributed by atoms with E-state index in [2.05, 4.69) is 5.32 Å². The van der Waals surface area contributed by atoms with Gasteiger partial charge < -0.3 is 5.32 Å². The van der Waals surface area contributed by atoms with Crippen LogP contribution in [-0.2, 0) is 0 Å². The lowest BCUT2D eigenvalue weighted by Crippen LogP contribution is -2.58. The van der Waals surface area contributed by atoms with E-state index in [4.69, 9.17) is 11.6 Å². The van der Waals surface area contributed by atoms with Crippen molar-refractivity contribution in [3.63, 3.8) is 0 Å². The van der Waals surface area contributed by atoms with Gasteiger partial charge in [0.1, 0.15) is 0 Å². The number of benzene rings is 1. The van der Waals surface area contributed by atoms with Gasteiger partial charge in [-0.1, -0.05) is 11.6 Å². The number of carbonyl (C=O) groups excluding carboxylic acids is 2. The van der Waals surface area contributed by atoms with E-state index in [-0.39, 0.29) is 17.9 Å². The summed E-state index contributed by atoms with van der Waals surface area (Å²) in [6.45, 7) is 1.36. The average Bonchev–Trinajstić information content (AvgIpc) is 2.41. The molecule has 0 unspecified atom stereocenters. The molecule has 1 N–H and O–H groups in total. The molecule has 16 heavy (non-hydrogen) atoms. The van der Waals surface area contributed by atoms with Gasteiger partial charge in [0, 0.05) is 18.1 Å². The number of amides is 2. The second-order valence-electron chi connectivity index (χ2n) is 3.98. The van der Waals surface area contributed by atoms with Crippen LogP contribution in [0.1, 0.15) is 20.7 Å². The second kappa shape index (κ2) is 3.30. The molecule has 1 fully saturated rings. The van der Waals surface area contributed by atoms with Crippen molar-refractivity contribution in [3.8, 4) is 0 Å². The van der Waals surface area contributed by atoms with E-state index in [9.17, 15) is 9.59 Å². The lowest BCUT2D eigenvalue weighted by Gasteiger charge is -2.33. The monoisotopic (exact) mass is 236 g/mol. The number of nitrogens with zero attached hydrogens (tertiary/aromatic N) is 1. The Morgan fingerprint density at radius 3 is 2.50 bits per heavy atom. The zero-order chi connectivity index (χ0) is 11.3. The molecule has 0 saturated carbocycles. The molecule has 2 heterocycles. The van der Waals surface area contributed by atoms with Crippen molar-refractivity contribution in [2.24, 2.45) is 0 Å². The predicted octanol–water partition coefficient (Wildman–Crippen LogP) is 0.908. The Labute approximate surface area is 97.2 Å². The van der Waals surface area contributed by atoms with Gasteiger partial charge in [-0.05, 0) is 18.2 Å². The topological polar surface area (TPSA) is 49.4 Å². The van der Waals surface area contributed by atoms with Crippen LogP contribution in [0.4, 0.5) is 0 Å². The summed E-state index contributed by atoms with van der Waals surface area (Å²) in [6.07, 6.45) is 0. The highest BCUT2D eigenvalue weighted by Gasteiger charge is 2.41. The van der Waals surface area contributed by atoms with Crippen LogP contribution < -0.4 is 5.32 Å². The maximum absolute atomic E-state index is 12.0. The third-order valence-corrected chi connectivity index (χ3v) is 3.24. The molecule has 0 atom stereocenters. The Morgan fingerprint density at radius 2 is 1.88 bits per heavy atom. The lowest BCUT2D eigenvalue weighted by molar-refractivity contribution is 0.0534. The number of hydrogen-bond acceptors (Lipinski definition) is 3. The molecule has 2 amide bonds. The maximum atomic E-state index is 12.0. The van der Waals surface area contributed by atoms with Crippen molar-refractivity contribution in [3.05, 3.63) is 34.3 Å². The highest BCUT2D eigenvalue weighted by atomic mass is 35.5. The number of fused-ring (bicyclic) bond motifs is 1. The summed E-state index contributed by atoms with van der Waals surface area (Å²) < 4.78 is 0. The number of carbonyl (C=O) groups is 2. The fourth-order valence-corrected chi connectivity index (χ4v) is 2.19. The van der Waals surface area contributed by atoms with Crippen molar-refractivity contribution in [1.82, 2.24) is 10.2 Å². The van der Waals surface area contributed by atoms with Crippen LogP contribution in [0.15, 0.2) is 18.2 Å². The summed E-state index contributed by atoms with van der Waals surface area (Å²) in [5.74, 6) is -0.433. The van der Waals surface area contributed by atoms with Gasteiger partial charge in [-0.25, -0.2) is 0 Å². The third-order valence-electron chi connectivity index (χ3n) is 3.01. The van der Waals surface area contributed by atoms with Crippen molar-refractivity contribution in [2.45, 2.75) is 6.04 Å². The van der Waals surface area contributed by atoms with Gasteiger partial charge in [0.15, 0.2) is 0 Å². The fourth-order valence-electron chi connectivity index (χ4n) is 2.02. The number of nitrogens with one attached hydrogen (secondary N) is 1. The Balaban J connectivity index is 2.05. The van der Waals surface area contributed by atoms with Gasteiger partial charge in [0.05, 0.1) is 17.2 Å². The van der Waals surface area contributed by atoms with E-state index in [1.165, 1.54) is 4.90 Å². The predicted molar refractivity (Wildman–Crippen MR) is 58.6 cm³/mol. The van der Waals surface area contributed by atoms with E-state index in [1.54, 1.807) is 18.2 Å². The standard InChI is InChI=1S/C11H9ClN2O2/c12-6-1-2-8-9(3-6)11(16)14(10(8)15)7-4-13-5-7/h1-3,7,13H,4-5H2. The average molecular weight is 237 g/mol. The van der Waals surface area contributed by atoms with Crippen LogP contribution >= 0.6 is 11.6 Å². The summed E-state index contributed by atoms with van der Waals surface area (Å²) >= 11 is 5.82. The molecule has 1 saturated heterocycles. The minimum atomic E-state index is -0.228. The van der Waals surface area contributed by atoms with Gasteiger partial charge in [0.25, 0.3) is 11.8 Å². The van der Waals surface area contributed by atoms with Crippen LogP contribution in [0.5, 0.6) is 0 Å². The Morgan fingerprint density at radius 1 is 1.19 bits per heavy atom. The molecule has 1 aromatic carbocycles. The first-order valence-corrected chi connectivity index (χ1v) is 5.44. The normalized spacial score (nSPS) is 19.9. The number of hydrogen-bond donors (Lipinski definition) is 1. The highest BCUT2D eigenvalue weighted by Crippen LogP contribution is 2.27. The second-order valence-corrected chi connectivity index (χ2v) is 4.42. The molecular formula is C11H9ClN2O2. The zero-order valence-corrected chi connectivity index (χ0v) is 9.12.